The minimum atomic E-state index is -4.16. The molecule has 0 unspecified atom stereocenters. The highest BCUT2D eigenvalue weighted by molar-refractivity contribution is 7.89. The second-order valence-electron chi connectivity index (χ2n) is 7.29. The zero-order valence-electron chi connectivity index (χ0n) is 17.6. The number of fused-ring (bicyclic) bond motifs is 1. The molecule has 11 heteroatoms. The van der Waals surface area contributed by atoms with E-state index in [0.717, 1.165) is 10.2 Å². The van der Waals surface area contributed by atoms with Gasteiger partial charge >= 0.3 is 0 Å². The highest BCUT2D eigenvalue weighted by atomic mass is 32.2. The molecule has 34 heavy (non-hydrogen) atoms. The number of nitrogens with one attached hydrogen (secondary N) is 2. The Balaban J connectivity index is 1.63. The molecule has 0 spiro atoms. The van der Waals surface area contributed by atoms with E-state index < -0.39 is 21.8 Å². The van der Waals surface area contributed by atoms with Gasteiger partial charge in [0.25, 0.3) is 21.5 Å². The summed E-state index contributed by atoms with van der Waals surface area (Å²) in [5.41, 5.74) is 7.72. The number of hydrogen-bond donors (Lipinski definition) is 3. The van der Waals surface area contributed by atoms with Crippen LogP contribution in [0.15, 0.2) is 88.6 Å². The van der Waals surface area contributed by atoms with Crippen LogP contribution in [0.4, 0.5) is 0 Å². The van der Waals surface area contributed by atoms with Gasteiger partial charge in [0, 0.05) is 10.9 Å². The molecule has 1 aromatic heterocycles. The van der Waals surface area contributed by atoms with Gasteiger partial charge in [0.1, 0.15) is 0 Å². The first-order valence-corrected chi connectivity index (χ1v) is 11.5. The monoisotopic (exact) mass is 477 g/mol. The van der Waals surface area contributed by atoms with Crippen LogP contribution in [-0.4, -0.2) is 30.0 Å². The maximum absolute atomic E-state index is 12.9. The quantitative estimate of drug-likeness (QED) is 0.340. The number of primary amides is 1. The molecule has 0 bridgehead atoms. The maximum atomic E-state index is 12.9. The Labute approximate surface area is 194 Å². The third-order valence-corrected chi connectivity index (χ3v) is 6.27. The van der Waals surface area contributed by atoms with Crippen LogP contribution in [0.1, 0.15) is 26.4 Å². The Bertz CT molecular complexity index is 1550. The van der Waals surface area contributed by atoms with E-state index in [1.54, 1.807) is 24.3 Å². The molecule has 0 saturated carbocycles. The maximum Gasteiger partial charge on any atom is 0.287 e. The SMILES string of the molecule is NC(=O)c1ccc(S(=O)(=O)NNC(=O)c2nn(Cc3ccccc3)c(=O)c3ccccc23)cc1. The smallest absolute Gasteiger partial charge is 0.287 e. The summed E-state index contributed by atoms with van der Waals surface area (Å²) in [7, 11) is -4.16. The second-order valence-corrected chi connectivity index (χ2v) is 8.97. The van der Waals surface area contributed by atoms with E-state index in [9.17, 15) is 22.8 Å². The number of hydrogen-bond acceptors (Lipinski definition) is 6. The molecule has 0 saturated heterocycles. The zero-order valence-corrected chi connectivity index (χ0v) is 18.5. The van der Waals surface area contributed by atoms with Gasteiger partial charge in [-0.2, -0.15) is 5.10 Å². The van der Waals surface area contributed by atoms with Crippen molar-refractivity contribution in [1.29, 1.82) is 0 Å². The summed E-state index contributed by atoms with van der Waals surface area (Å²) in [6.07, 6.45) is 0. The summed E-state index contributed by atoms with van der Waals surface area (Å²) in [5, 5.41) is 4.75. The van der Waals surface area contributed by atoms with E-state index in [1.165, 1.54) is 24.3 Å². The van der Waals surface area contributed by atoms with E-state index in [4.69, 9.17) is 5.73 Å². The summed E-state index contributed by atoms with van der Waals surface area (Å²) >= 11 is 0. The molecule has 1 heterocycles. The van der Waals surface area contributed by atoms with Crippen LogP contribution in [0.2, 0.25) is 0 Å². The molecule has 2 amide bonds. The van der Waals surface area contributed by atoms with Crippen LogP contribution >= 0.6 is 0 Å². The van der Waals surface area contributed by atoms with Crippen molar-refractivity contribution in [3.8, 4) is 0 Å². The van der Waals surface area contributed by atoms with Gasteiger partial charge in [0.05, 0.1) is 16.8 Å². The Morgan fingerprint density at radius 3 is 2.15 bits per heavy atom. The van der Waals surface area contributed by atoms with Crippen molar-refractivity contribution >= 4 is 32.6 Å². The molecular formula is C23H19N5O5S. The van der Waals surface area contributed by atoms with Crippen molar-refractivity contribution in [3.05, 3.63) is 106 Å². The minimum absolute atomic E-state index is 0.127. The average Bonchev–Trinajstić information content (AvgIpc) is 2.85. The largest absolute Gasteiger partial charge is 0.366 e. The molecule has 0 radical (unpaired) electrons. The van der Waals surface area contributed by atoms with Gasteiger partial charge in [0.2, 0.25) is 5.91 Å². The van der Waals surface area contributed by atoms with Crippen LogP contribution < -0.4 is 21.5 Å². The van der Waals surface area contributed by atoms with Crippen molar-refractivity contribution < 1.29 is 18.0 Å². The molecule has 4 N–H and O–H groups in total. The number of carbonyl (C=O) groups excluding carboxylic acids is 2. The standard InChI is InChI=1S/C23H19N5O5S/c24-21(29)16-10-12-17(13-11-16)34(32,33)27-25-22(30)20-18-8-4-5-9-19(18)23(31)28(26-20)14-15-6-2-1-3-7-15/h1-13,27H,14H2,(H2,24,29)(H,25,30). The van der Waals surface area contributed by atoms with Crippen LogP contribution in [-0.2, 0) is 16.6 Å². The summed E-state index contributed by atoms with van der Waals surface area (Å²) in [6, 6.07) is 20.4. The zero-order chi connectivity index (χ0) is 24.3. The molecule has 0 aliphatic carbocycles. The predicted molar refractivity (Wildman–Crippen MR) is 124 cm³/mol. The van der Waals surface area contributed by atoms with E-state index in [2.05, 4.69) is 10.5 Å². The number of carbonyl (C=O) groups is 2. The Hall–Kier alpha value is -4.35. The first-order chi connectivity index (χ1) is 16.3. The van der Waals surface area contributed by atoms with Crippen molar-refractivity contribution in [2.24, 2.45) is 5.73 Å². The van der Waals surface area contributed by atoms with E-state index in [1.807, 2.05) is 35.2 Å². The van der Waals surface area contributed by atoms with Gasteiger partial charge in [0.15, 0.2) is 5.69 Å². The Morgan fingerprint density at radius 1 is 0.882 bits per heavy atom. The number of sulfonamides is 1. The highest BCUT2D eigenvalue weighted by Gasteiger charge is 2.20. The summed E-state index contributed by atoms with van der Waals surface area (Å²) in [5.74, 6) is -1.55. The topological polar surface area (TPSA) is 153 Å². The number of rotatable bonds is 7. The van der Waals surface area contributed by atoms with Gasteiger partial charge in [-0.25, -0.2) is 13.1 Å². The third-order valence-electron chi connectivity index (χ3n) is 5.01. The lowest BCUT2D eigenvalue weighted by molar-refractivity contribution is 0.0938. The molecule has 3 aromatic carbocycles. The second kappa shape index (κ2) is 9.25. The molecular weight excluding hydrogens is 458 g/mol. The van der Waals surface area contributed by atoms with Gasteiger partial charge in [-0.05, 0) is 35.9 Å². The van der Waals surface area contributed by atoms with Crippen LogP contribution in [0.5, 0.6) is 0 Å². The lowest BCUT2D eigenvalue weighted by Gasteiger charge is -2.12. The molecule has 172 valence electrons. The number of hydrazine groups is 1. The lowest BCUT2D eigenvalue weighted by Crippen LogP contribution is -2.42. The number of benzene rings is 3. The molecule has 4 rings (SSSR count). The summed E-state index contributed by atoms with van der Waals surface area (Å²) in [6.45, 7) is 0.128. The van der Waals surface area contributed by atoms with Crippen LogP contribution in [0, 0.1) is 0 Å². The minimum Gasteiger partial charge on any atom is -0.366 e. The van der Waals surface area contributed by atoms with Gasteiger partial charge in [-0.3, -0.25) is 19.8 Å². The van der Waals surface area contributed by atoms with Gasteiger partial charge in [-0.15, -0.1) is 4.83 Å². The first kappa shape index (κ1) is 22.8. The van der Waals surface area contributed by atoms with Crippen molar-refractivity contribution in [1.82, 2.24) is 20.0 Å². The fourth-order valence-electron chi connectivity index (χ4n) is 3.30. The normalized spacial score (nSPS) is 11.3. The van der Waals surface area contributed by atoms with Crippen molar-refractivity contribution in [2.45, 2.75) is 11.4 Å². The Kier molecular flexibility index (Phi) is 6.21. The number of nitrogens with two attached hydrogens (primary N) is 1. The van der Waals surface area contributed by atoms with Gasteiger partial charge in [-0.1, -0.05) is 48.5 Å². The van der Waals surface area contributed by atoms with E-state index in [0.29, 0.717) is 0 Å². The fraction of sp³-hybridized carbons (Fsp3) is 0.0435. The van der Waals surface area contributed by atoms with Crippen molar-refractivity contribution in [3.63, 3.8) is 0 Å². The Morgan fingerprint density at radius 2 is 1.50 bits per heavy atom. The molecule has 0 atom stereocenters. The van der Waals surface area contributed by atoms with Crippen molar-refractivity contribution in [2.75, 3.05) is 0 Å². The molecule has 10 nitrogen and oxygen atoms in total. The molecule has 4 aromatic rings. The molecule has 0 aliphatic heterocycles. The lowest BCUT2D eigenvalue weighted by atomic mass is 10.1. The molecule has 0 fully saturated rings. The number of nitrogens with zero attached hydrogens (tertiary/aromatic N) is 2. The van der Waals surface area contributed by atoms with Gasteiger partial charge < -0.3 is 5.73 Å². The highest BCUT2D eigenvalue weighted by Crippen LogP contribution is 2.14. The van der Waals surface area contributed by atoms with E-state index in [-0.39, 0.29) is 39.0 Å². The fourth-order valence-corrected chi connectivity index (χ4v) is 4.14. The van der Waals surface area contributed by atoms with E-state index >= 15 is 0 Å². The predicted octanol–water partition coefficient (Wildman–Crippen LogP) is 1.17. The molecule has 0 aliphatic rings. The van der Waals surface area contributed by atoms with Crippen LogP contribution in [0.25, 0.3) is 10.8 Å². The summed E-state index contributed by atoms with van der Waals surface area (Å²) < 4.78 is 26.3. The number of amides is 2. The van der Waals surface area contributed by atoms with Crippen LogP contribution in [0.3, 0.4) is 0 Å². The number of aromatic nitrogens is 2. The average molecular weight is 478 g/mol. The first-order valence-electron chi connectivity index (χ1n) is 10.0. The summed E-state index contributed by atoms with van der Waals surface area (Å²) in [4.78, 5) is 38.8. The third kappa shape index (κ3) is 4.70.